The van der Waals surface area contributed by atoms with Gasteiger partial charge in [-0.25, -0.2) is 0 Å². The van der Waals surface area contributed by atoms with Gasteiger partial charge in [0.05, 0.1) is 5.57 Å². The van der Waals surface area contributed by atoms with Crippen molar-refractivity contribution in [2.45, 2.75) is 13.3 Å². The number of amides is 1. The molecule has 2 heterocycles. The number of H-pyrrole nitrogens is 1. The maximum absolute atomic E-state index is 12.0. The van der Waals surface area contributed by atoms with Crippen molar-refractivity contribution in [2.75, 3.05) is 5.32 Å². The van der Waals surface area contributed by atoms with Gasteiger partial charge in [-0.1, -0.05) is 13.0 Å². The quantitative estimate of drug-likeness (QED) is 0.776. The predicted molar refractivity (Wildman–Crippen MR) is 73.1 cm³/mol. The molecule has 0 bridgehead atoms. The van der Waals surface area contributed by atoms with E-state index in [1.54, 1.807) is 0 Å². The number of carbonyl (C=O) groups excluding carboxylic acids is 1. The Morgan fingerprint density at radius 3 is 2.89 bits per heavy atom. The van der Waals surface area contributed by atoms with Crippen LogP contribution in [-0.4, -0.2) is 10.9 Å². The Hall–Kier alpha value is -2.29. The first kappa shape index (κ1) is 10.8. The number of carbonyl (C=O) groups is 1. The van der Waals surface area contributed by atoms with Gasteiger partial charge in [0.1, 0.15) is 0 Å². The molecule has 3 nitrogen and oxygen atoms in total. The average Bonchev–Trinajstić information content (AvgIpc) is 2.99. The molecule has 0 spiro atoms. The summed E-state index contributed by atoms with van der Waals surface area (Å²) in [6.45, 7) is 2.11. The first-order valence-electron chi connectivity index (χ1n) is 6.07. The third kappa shape index (κ3) is 1.74. The van der Waals surface area contributed by atoms with Crippen LogP contribution in [0.2, 0.25) is 0 Å². The van der Waals surface area contributed by atoms with Crippen molar-refractivity contribution >= 4 is 23.2 Å². The summed E-state index contributed by atoms with van der Waals surface area (Å²) < 4.78 is 0. The molecule has 0 unspecified atom stereocenters. The fourth-order valence-corrected chi connectivity index (χ4v) is 2.19. The Labute approximate surface area is 106 Å². The lowest BCUT2D eigenvalue weighted by molar-refractivity contribution is -0.110. The average molecular weight is 238 g/mol. The fourth-order valence-electron chi connectivity index (χ4n) is 2.19. The van der Waals surface area contributed by atoms with E-state index in [-0.39, 0.29) is 5.91 Å². The number of rotatable bonds is 2. The first-order valence-corrected chi connectivity index (χ1v) is 6.07. The van der Waals surface area contributed by atoms with Crippen LogP contribution in [0.4, 0.5) is 5.69 Å². The predicted octanol–water partition coefficient (Wildman–Crippen LogP) is 3.07. The van der Waals surface area contributed by atoms with Crippen molar-refractivity contribution in [2.24, 2.45) is 0 Å². The molecule has 1 aliphatic heterocycles. The number of aromatic amines is 1. The lowest BCUT2D eigenvalue weighted by atomic mass is 10.0. The SMILES string of the molecule is CCc1ccc2c(c1)C(=Cc1ccc[nH]1)C(=O)N2. The summed E-state index contributed by atoms with van der Waals surface area (Å²) >= 11 is 0. The zero-order valence-corrected chi connectivity index (χ0v) is 10.2. The molecule has 1 aromatic carbocycles. The smallest absolute Gasteiger partial charge is 0.256 e. The minimum Gasteiger partial charge on any atom is -0.362 e. The molecule has 2 aromatic rings. The molecular weight excluding hydrogens is 224 g/mol. The molecule has 0 aliphatic carbocycles. The van der Waals surface area contributed by atoms with Crippen LogP contribution in [0.25, 0.3) is 11.6 Å². The van der Waals surface area contributed by atoms with Crippen LogP contribution >= 0.6 is 0 Å². The van der Waals surface area contributed by atoms with E-state index >= 15 is 0 Å². The van der Waals surface area contributed by atoms with E-state index in [1.807, 2.05) is 30.5 Å². The number of anilines is 1. The topological polar surface area (TPSA) is 44.9 Å². The number of hydrogen-bond acceptors (Lipinski definition) is 1. The molecule has 0 saturated carbocycles. The van der Waals surface area contributed by atoms with Crippen LogP contribution < -0.4 is 5.32 Å². The van der Waals surface area contributed by atoms with Crippen molar-refractivity contribution in [1.82, 2.24) is 4.98 Å². The summed E-state index contributed by atoms with van der Waals surface area (Å²) in [5, 5.41) is 2.89. The number of aromatic nitrogens is 1. The summed E-state index contributed by atoms with van der Waals surface area (Å²) in [4.78, 5) is 15.1. The molecule has 0 fully saturated rings. The maximum atomic E-state index is 12.0. The number of fused-ring (bicyclic) bond motifs is 1. The molecule has 0 radical (unpaired) electrons. The lowest BCUT2D eigenvalue weighted by Crippen LogP contribution is -2.03. The van der Waals surface area contributed by atoms with Crippen molar-refractivity contribution in [3.05, 3.63) is 53.3 Å². The van der Waals surface area contributed by atoms with Gasteiger partial charge in [0, 0.05) is 23.1 Å². The molecule has 0 atom stereocenters. The standard InChI is InChI=1S/C15H14N2O/c1-2-10-5-6-14-12(8-10)13(15(18)17-14)9-11-4-3-7-16-11/h3-9,16H,2H2,1H3,(H,17,18). The van der Waals surface area contributed by atoms with E-state index in [1.165, 1.54) is 5.56 Å². The van der Waals surface area contributed by atoms with E-state index in [9.17, 15) is 4.79 Å². The number of aryl methyl sites for hydroxylation is 1. The molecule has 3 rings (SSSR count). The third-order valence-electron chi connectivity index (χ3n) is 3.20. The molecule has 90 valence electrons. The first-order chi connectivity index (χ1) is 8.78. The van der Waals surface area contributed by atoms with Crippen molar-refractivity contribution < 1.29 is 4.79 Å². The molecule has 1 amide bonds. The largest absolute Gasteiger partial charge is 0.362 e. The van der Waals surface area contributed by atoms with Gasteiger partial charge in [0.15, 0.2) is 0 Å². The monoisotopic (exact) mass is 238 g/mol. The summed E-state index contributed by atoms with van der Waals surface area (Å²) in [5.41, 5.74) is 4.80. The highest BCUT2D eigenvalue weighted by atomic mass is 16.2. The van der Waals surface area contributed by atoms with Gasteiger partial charge in [0.2, 0.25) is 0 Å². The zero-order chi connectivity index (χ0) is 12.5. The summed E-state index contributed by atoms with van der Waals surface area (Å²) in [6.07, 6.45) is 4.71. The van der Waals surface area contributed by atoms with E-state index in [2.05, 4.69) is 29.4 Å². The third-order valence-corrected chi connectivity index (χ3v) is 3.20. The van der Waals surface area contributed by atoms with Crippen molar-refractivity contribution in [3.63, 3.8) is 0 Å². The van der Waals surface area contributed by atoms with Crippen LogP contribution in [0.5, 0.6) is 0 Å². The van der Waals surface area contributed by atoms with Gasteiger partial charge in [-0.15, -0.1) is 0 Å². The maximum Gasteiger partial charge on any atom is 0.256 e. The van der Waals surface area contributed by atoms with Crippen LogP contribution in [0.3, 0.4) is 0 Å². The second-order valence-electron chi connectivity index (χ2n) is 4.37. The van der Waals surface area contributed by atoms with E-state index in [0.29, 0.717) is 0 Å². The van der Waals surface area contributed by atoms with Crippen molar-refractivity contribution in [1.29, 1.82) is 0 Å². The molecular formula is C15H14N2O. The van der Waals surface area contributed by atoms with Crippen LogP contribution in [-0.2, 0) is 11.2 Å². The molecule has 0 saturated heterocycles. The van der Waals surface area contributed by atoms with E-state index in [4.69, 9.17) is 0 Å². The normalized spacial score (nSPS) is 15.8. The Kier molecular flexibility index (Phi) is 2.52. The Balaban J connectivity index is 2.10. The van der Waals surface area contributed by atoms with Crippen LogP contribution in [0, 0.1) is 0 Å². The minimum atomic E-state index is -0.0344. The Morgan fingerprint density at radius 1 is 1.28 bits per heavy atom. The summed E-state index contributed by atoms with van der Waals surface area (Å²) in [5.74, 6) is -0.0344. The van der Waals surface area contributed by atoms with Crippen LogP contribution in [0.1, 0.15) is 23.7 Å². The van der Waals surface area contributed by atoms with Gasteiger partial charge in [-0.05, 0) is 42.3 Å². The van der Waals surface area contributed by atoms with Gasteiger partial charge in [0.25, 0.3) is 5.91 Å². The van der Waals surface area contributed by atoms with Gasteiger partial charge in [-0.2, -0.15) is 0 Å². The van der Waals surface area contributed by atoms with E-state index in [0.717, 1.165) is 28.9 Å². The Bertz CT molecular complexity index is 624. The minimum absolute atomic E-state index is 0.0344. The second-order valence-corrected chi connectivity index (χ2v) is 4.37. The second kappa shape index (κ2) is 4.18. The van der Waals surface area contributed by atoms with E-state index < -0.39 is 0 Å². The highest BCUT2D eigenvalue weighted by Crippen LogP contribution is 2.33. The molecule has 1 aromatic heterocycles. The fraction of sp³-hybridized carbons (Fsp3) is 0.133. The highest BCUT2D eigenvalue weighted by molar-refractivity contribution is 6.34. The molecule has 1 aliphatic rings. The number of benzene rings is 1. The number of nitrogens with one attached hydrogen (secondary N) is 2. The molecule has 2 N–H and O–H groups in total. The van der Waals surface area contributed by atoms with Gasteiger partial charge in [-0.3, -0.25) is 4.79 Å². The molecule has 18 heavy (non-hydrogen) atoms. The number of hydrogen-bond donors (Lipinski definition) is 2. The van der Waals surface area contributed by atoms with Crippen molar-refractivity contribution in [3.8, 4) is 0 Å². The summed E-state index contributed by atoms with van der Waals surface area (Å²) in [6, 6.07) is 9.98. The highest BCUT2D eigenvalue weighted by Gasteiger charge is 2.24. The lowest BCUT2D eigenvalue weighted by Gasteiger charge is -2.01. The summed E-state index contributed by atoms with van der Waals surface area (Å²) in [7, 11) is 0. The molecule has 3 heteroatoms. The van der Waals surface area contributed by atoms with Gasteiger partial charge >= 0.3 is 0 Å². The van der Waals surface area contributed by atoms with Crippen LogP contribution in [0.15, 0.2) is 36.5 Å². The van der Waals surface area contributed by atoms with Gasteiger partial charge < -0.3 is 10.3 Å². The zero-order valence-electron chi connectivity index (χ0n) is 10.2. The Morgan fingerprint density at radius 2 is 2.17 bits per heavy atom.